The van der Waals surface area contributed by atoms with Crippen LogP contribution in [-0.2, 0) is 16.1 Å². The van der Waals surface area contributed by atoms with E-state index in [4.69, 9.17) is 37.2 Å². The minimum absolute atomic E-state index is 0.142. The predicted octanol–water partition coefficient (Wildman–Crippen LogP) is 4.28. The van der Waals surface area contributed by atoms with Crippen molar-refractivity contribution in [3.05, 3.63) is 92.0 Å². The molecule has 0 aliphatic rings. The molecule has 0 fully saturated rings. The Morgan fingerprint density at radius 1 is 1.09 bits per heavy atom. The number of halogens is 2. The number of hydrogen-bond acceptors (Lipinski definition) is 7. The van der Waals surface area contributed by atoms with Crippen LogP contribution in [-0.4, -0.2) is 28.0 Å². The maximum absolute atomic E-state index is 12.5. The van der Waals surface area contributed by atoms with E-state index in [0.29, 0.717) is 22.2 Å². The van der Waals surface area contributed by atoms with Crippen molar-refractivity contribution in [1.29, 1.82) is 0 Å². The average molecular weight is 502 g/mol. The first kappa shape index (κ1) is 23.3. The van der Waals surface area contributed by atoms with Crippen molar-refractivity contribution in [2.45, 2.75) is 13.5 Å². The van der Waals surface area contributed by atoms with Crippen molar-refractivity contribution in [3.63, 3.8) is 0 Å². The molecule has 11 heteroatoms. The monoisotopic (exact) mass is 501 g/mol. The summed E-state index contributed by atoms with van der Waals surface area (Å²) in [4.78, 5) is 41.1. The van der Waals surface area contributed by atoms with Crippen molar-refractivity contribution in [2.75, 3.05) is 11.9 Å². The van der Waals surface area contributed by atoms with Crippen LogP contribution in [0.25, 0.3) is 5.65 Å². The normalized spacial score (nSPS) is 10.8. The fraction of sp³-hybridized carbons (Fsp3) is 0.130. The Balaban J connectivity index is 1.40. The summed E-state index contributed by atoms with van der Waals surface area (Å²) in [5.74, 6) is -0.308. The van der Waals surface area contributed by atoms with Gasteiger partial charge in [-0.05, 0) is 37.3 Å². The van der Waals surface area contributed by atoms with Gasteiger partial charge in [-0.2, -0.15) is 0 Å². The lowest BCUT2D eigenvalue weighted by Crippen LogP contribution is -2.20. The third-order valence-electron chi connectivity index (χ3n) is 4.55. The molecular weight excluding hydrogens is 485 g/mol. The summed E-state index contributed by atoms with van der Waals surface area (Å²) in [6.07, 6.45) is 0. The Kier molecular flexibility index (Phi) is 6.85. The van der Waals surface area contributed by atoms with Crippen molar-refractivity contribution >= 4 is 46.4 Å². The second kappa shape index (κ2) is 9.98. The second-order valence-corrected chi connectivity index (χ2v) is 7.94. The fourth-order valence-electron chi connectivity index (χ4n) is 3.01. The number of aryl methyl sites for hydroxylation is 1. The standard InChI is InChI=1S/C23H17Cl2N3O6/c1-13-8-20-26-15(10-22(30)28(20)34-13)11-33-23(31)14-6-7-16(24)18(9-14)27-21(29)12-32-19-5-3-2-4-17(19)25/h2-10H,11-12H2,1H3,(H,27,29). The number of amides is 1. The van der Waals surface area contributed by atoms with Crippen LogP contribution >= 0.6 is 23.2 Å². The Morgan fingerprint density at radius 3 is 2.68 bits per heavy atom. The molecular formula is C23H17Cl2N3O6. The van der Waals surface area contributed by atoms with E-state index < -0.39 is 17.4 Å². The molecule has 34 heavy (non-hydrogen) atoms. The topological polar surface area (TPSA) is 112 Å². The van der Waals surface area contributed by atoms with E-state index in [2.05, 4.69) is 10.3 Å². The third kappa shape index (κ3) is 5.38. The molecule has 0 saturated heterocycles. The number of carbonyl (C=O) groups excluding carboxylic acids is 2. The van der Waals surface area contributed by atoms with Gasteiger partial charge in [-0.25, -0.2) is 9.78 Å². The largest absolute Gasteiger partial charge is 0.482 e. The number of nitrogens with zero attached hydrogens (tertiary/aromatic N) is 2. The minimum Gasteiger partial charge on any atom is -0.482 e. The molecule has 2 aromatic carbocycles. The van der Waals surface area contributed by atoms with E-state index in [1.165, 1.54) is 24.3 Å². The smallest absolute Gasteiger partial charge is 0.338 e. The zero-order chi connectivity index (χ0) is 24.2. The summed E-state index contributed by atoms with van der Waals surface area (Å²) in [5, 5.41) is 3.18. The van der Waals surface area contributed by atoms with Gasteiger partial charge in [-0.3, -0.25) is 9.59 Å². The maximum Gasteiger partial charge on any atom is 0.338 e. The van der Waals surface area contributed by atoms with Crippen LogP contribution in [0.1, 0.15) is 21.8 Å². The second-order valence-electron chi connectivity index (χ2n) is 7.12. The van der Waals surface area contributed by atoms with Crippen LogP contribution in [0.4, 0.5) is 5.69 Å². The summed E-state index contributed by atoms with van der Waals surface area (Å²) in [7, 11) is 0. The highest BCUT2D eigenvalue weighted by molar-refractivity contribution is 6.34. The lowest BCUT2D eigenvalue weighted by Gasteiger charge is -2.11. The summed E-state index contributed by atoms with van der Waals surface area (Å²) < 4.78 is 16.9. The lowest BCUT2D eigenvalue weighted by atomic mass is 10.2. The molecule has 0 atom stereocenters. The Morgan fingerprint density at radius 2 is 1.88 bits per heavy atom. The number of fused-ring (bicyclic) bond motifs is 1. The van der Waals surface area contributed by atoms with Gasteiger partial charge in [0, 0.05) is 12.1 Å². The molecule has 174 valence electrons. The fourth-order valence-corrected chi connectivity index (χ4v) is 3.36. The summed E-state index contributed by atoms with van der Waals surface area (Å²) in [5.41, 5.74) is 0.490. The molecule has 1 amide bonds. The lowest BCUT2D eigenvalue weighted by molar-refractivity contribution is -0.118. The highest BCUT2D eigenvalue weighted by atomic mass is 35.5. The molecule has 0 spiro atoms. The van der Waals surface area contributed by atoms with Crippen LogP contribution in [0, 0.1) is 6.92 Å². The van der Waals surface area contributed by atoms with Gasteiger partial charge >= 0.3 is 5.97 Å². The number of nitrogens with one attached hydrogen (secondary N) is 1. The zero-order valence-electron chi connectivity index (χ0n) is 17.7. The quantitative estimate of drug-likeness (QED) is 0.376. The van der Waals surface area contributed by atoms with Crippen molar-refractivity contribution in [2.24, 2.45) is 0 Å². The van der Waals surface area contributed by atoms with Crippen LogP contribution < -0.4 is 15.6 Å². The van der Waals surface area contributed by atoms with Crippen LogP contribution in [0.2, 0.25) is 10.0 Å². The number of ether oxygens (including phenoxy) is 2. The SMILES string of the molecule is Cc1cc2nc(COC(=O)c3ccc(Cl)c(NC(=O)COc4ccccc4Cl)c3)cc(=O)n2o1. The van der Waals surface area contributed by atoms with Crippen LogP contribution in [0.15, 0.2) is 63.9 Å². The summed E-state index contributed by atoms with van der Waals surface area (Å²) >= 11 is 12.2. The number of esters is 1. The van der Waals surface area contributed by atoms with Gasteiger partial charge in [0.1, 0.15) is 18.1 Å². The maximum atomic E-state index is 12.5. The molecule has 0 aliphatic heterocycles. The molecule has 0 radical (unpaired) electrons. The van der Waals surface area contributed by atoms with E-state index in [9.17, 15) is 14.4 Å². The van der Waals surface area contributed by atoms with Gasteiger partial charge in [0.2, 0.25) is 0 Å². The number of aromatic nitrogens is 2. The van der Waals surface area contributed by atoms with Gasteiger partial charge in [0.15, 0.2) is 12.3 Å². The highest BCUT2D eigenvalue weighted by Gasteiger charge is 2.14. The first-order chi connectivity index (χ1) is 16.3. The molecule has 2 heterocycles. The van der Waals surface area contributed by atoms with E-state index in [1.807, 2.05) is 0 Å². The Labute approximate surface area is 202 Å². The van der Waals surface area contributed by atoms with E-state index >= 15 is 0 Å². The van der Waals surface area contributed by atoms with E-state index in [1.54, 1.807) is 37.3 Å². The number of anilines is 1. The van der Waals surface area contributed by atoms with Gasteiger partial charge in [0.05, 0.1) is 27.0 Å². The third-order valence-corrected chi connectivity index (χ3v) is 5.19. The van der Waals surface area contributed by atoms with Gasteiger partial charge in [0.25, 0.3) is 11.5 Å². The molecule has 1 N–H and O–H groups in total. The minimum atomic E-state index is -0.690. The number of rotatable bonds is 7. The predicted molar refractivity (Wildman–Crippen MR) is 125 cm³/mol. The zero-order valence-corrected chi connectivity index (χ0v) is 19.2. The molecule has 9 nitrogen and oxygen atoms in total. The molecule has 4 rings (SSSR count). The van der Waals surface area contributed by atoms with E-state index in [0.717, 1.165) is 4.57 Å². The highest BCUT2D eigenvalue weighted by Crippen LogP contribution is 2.25. The number of carbonyl (C=O) groups is 2. The van der Waals surface area contributed by atoms with E-state index in [-0.39, 0.29) is 35.2 Å². The number of para-hydroxylation sites is 1. The number of benzene rings is 2. The Bertz CT molecular complexity index is 1450. The summed E-state index contributed by atoms with van der Waals surface area (Å²) in [6, 6.07) is 13.8. The van der Waals surface area contributed by atoms with Crippen molar-refractivity contribution < 1.29 is 23.6 Å². The van der Waals surface area contributed by atoms with Gasteiger partial charge in [-0.15, -0.1) is 4.57 Å². The summed E-state index contributed by atoms with van der Waals surface area (Å²) in [6.45, 7) is 1.14. The molecule has 0 unspecified atom stereocenters. The van der Waals surface area contributed by atoms with Gasteiger partial charge < -0.3 is 19.3 Å². The van der Waals surface area contributed by atoms with Crippen LogP contribution in [0.5, 0.6) is 5.75 Å². The van der Waals surface area contributed by atoms with Crippen molar-refractivity contribution in [3.8, 4) is 5.75 Å². The Hall–Kier alpha value is -3.82. The van der Waals surface area contributed by atoms with Crippen LogP contribution in [0.3, 0.4) is 0 Å². The molecule has 0 saturated carbocycles. The van der Waals surface area contributed by atoms with Gasteiger partial charge in [-0.1, -0.05) is 35.3 Å². The first-order valence-electron chi connectivity index (χ1n) is 9.93. The molecule has 4 aromatic rings. The molecule has 0 bridgehead atoms. The van der Waals surface area contributed by atoms with Crippen molar-refractivity contribution in [1.82, 2.24) is 9.56 Å². The number of hydrogen-bond donors (Lipinski definition) is 1. The molecule has 0 aliphatic carbocycles. The molecule has 2 aromatic heterocycles. The first-order valence-corrected chi connectivity index (χ1v) is 10.7. The average Bonchev–Trinajstić information content (AvgIpc) is 3.19.